The number of benzene rings is 1. The van der Waals surface area contributed by atoms with E-state index < -0.39 is 12.1 Å². The quantitative estimate of drug-likeness (QED) is 0.876. The fourth-order valence-electron chi connectivity index (χ4n) is 3.58. The number of hydrogen-bond donors (Lipinski definition) is 2. The number of amides is 2. The molecule has 0 spiro atoms. The maximum atomic E-state index is 12.6. The summed E-state index contributed by atoms with van der Waals surface area (Å²) >= 11 is 0. The van der Waals surface area contributed by atoms with Gasteiger partial charge in [-0.1, -0.05) is 30.3 Å². The number of nitrogens with zero attached hydrogens (tertiary/aromatic N) is 1. The molecule has 1 aromatic rings. The van der Waals surface area contributed by atoms with E-state index in [0.717, 1.165) is 37.7 Å². The molecule has 2 amide bonds. The predicted molar refractivity (Wildman–Crippen MR) is 92.8 cm³/mol. The summed E-state index contributed by atoms with van der Waals surface area (Å²) in [6.45, 7) is 0.764. The largest absolute Gasteiger partial charge is 0.445 e. The van der Waals surface area contributed by atoms with Gasteiger partial charge in [0.2, 0.25) is 5.91 Å². The summed E-state index contributed by atoms with van der Waals surface area (Å²) in [6, 6.07) is 9.16. The lowest BCUT2D eigenvalue weighted by atomic mass is 9.93. The molecule has 6 heteroatoms. The van der Waals surface area contributed by atoms with Crippen LogP contribution in [0.3, 0.4) is 0 Å². The van der Waals surface area contributed by atoms with Crippen LogP contribution < -0.4 is 5.32 Å². The van der Waals surface area contributed by atoms with Crippen molar-refractivity contribution in [2.24, 2.45) is 0 Å². The first-order chi connectivity index (χ1) is 12.1. The Morgan fingerprint density at radius 3 is 2.56 bits per heavy atom. The number of carbonyl (C=O) groups is 2. The lowest BCUT2D eigenvalue weighted by Crippen LogP contribution is -2.49. The SMILES string of the molecule is O=C(NC1CCC(O)CC1)[C@@H]1CCCN1C(=O)OCc1ccccc1. The molecule has 1 aromatic carbocycles. The molecule has 1 heterocycles. The average Bonchev–Trinajstić information content (AvgIpc) is 3.12. The van der Waals surface area contributed by atoms with Crippen molar-refractivity contribution in [2.45, 2.75) is 63.3 Å². The number of ether oxygens (including phenoxy) is 1. The van der Waals surface area contributed by atoms with E-state index in [9.17, 15) is 14.7 Å². The summed E-state index contributed by atoms with van der Waals surface area (Å²) < 4.78 is 5.37. The second kappa shape index (κ2) is 8.34. The first-order valence-electron chi connectivity index (χ1n) is 9.09. The molecule has 6 nitrogen and oxygen atoms in total. The molecule has 1 saturated carbocycles. The molecular formula is C19H26N2O4. The van der Waals surface area contributed by atoms with Gasteiger partial charge in [0.05, 0.1) is 6.10 Å². The number of likely N-dealkylation sites (tertiary alicyclic amines) is 1. The van der Waals surface area contributed by atoms with Crippen molar-refractivity contribution in [3.05, 3.63) is 35.9 Å². The van der Waals surface area contributed by atoms with Crippen molar-refractivity contribution < 1.29 is 19.4 Å². The normalized spacial score (nSPS) is 26.3. The molecule has 1 saturated heterocycles. The number of rotatable bonds is 4. The third kappa shape index (κ3) is 4.72. The highest BCUT2D eigenvalue weighted by atomic mass is 16.6. The Labute approximate surface area is 148 Å². The molecule has 0 unspecified atom stereocenters. The monoisotopic (exact) mass is 346 g/mol. The van der Waals surface area contributed by atoms with E-state index in [-0.39, 0.29) is 24.7 Å². The van der Waals surface area contributed by atoms with Gasteiger partial charge in [-0.25, -0.2) is 4.79 Å². The van der Waals surface area contributed by atoms with Gasteiger partial charge in [-0.05, 0) is 44.1 Å². The highest BCUT2D eigenvalue weighted by Crippen LogP contribution is 2.22. The van der Waals surface area contributed by atoms with Crippen molar-refractivity contribution >= 4 is 12.0 Å². The number of aliphatic hydroxyl groups excluding tert-OH is 1. The van der Waals surface area contributed by atoms with E-state index >= 15 is 0 Å². The zero-order valence-electron chi connectivity index (χ0n) is 14.4. The van der Waals surface area contributed by atoms with E-state index in [4.69, 9.17) is 4.74 Å². The lowest BCUT2D eigenvalue weighted by Gasteiger charge is -2.29. The molecule has 1 atom stereocenters. The Bertz CT molecular complexity index is 584. The molecular weight excluding hydrogens is 320 g/mol. The minimum Gasteiger partial charge on any atom is -0.445 e. The van der Waals surface area contributed by atoms with Crippen LogP contribution in [0.4, 0.5) is 4.79 Å². The summed E-state index contributed by atoms with van der Waals surface area (Å²) in [5.74, 6) is -0.101. The molecule has 136 valence electrons. The Hall–Kier alpha value is -2.08. The second-order valence-corrected chi connectivity index (χ2v) is 6.91. The fraction of sp³-hybridized carbons (Fsp3) is 0.579. The molecule has 2 aliphatic rings. The lowest BCUT2D eigenvalue weighted by molar-refractivity contribution is -0.126. The standard InChI is InChI=1S/C19H26N2O4/c22-16-10-8-15(9-11-16)20-18(23)17-7-4-12-21(17)19(24)25-13-14-5-2-1-3-6-14/h1-3,5-6,15-17,22H,4,7-13H2,(H,20,23)/t15?,16?,17-/m0/s1. The number of carbonyl (C=O) groups excluding carboxylic acids is 2. The average molecular weight is 346 g/mol. The molecule has 0 radical (unpaired) electrons. The molecule has 3 rings (SSSR count). The van der Waals surface area contributed by atoms with Crippen LogP contribution in [0.15, 0.2) is 30.3 Å². The van der Waals surface area contributed by atoms with Gasteiger partial charge >= 0.3 is 6.09 Å². The van der Waals surface area contributed by atoms with E-state index in [2.05, 4.69) is 5.32 Å². The summed E-state index contributed by atoms with van der Waals surface area (Å²) in [5.41, 5.74) is 0.928. The Morgan fingerprint density at radius 1 is 1.12 bits per heavy atom. The van der Waals surface area contributed by atoms with E-state index in [1.165, 1.54) is 4.90 Å². The van der Waals surface area contributed by atoms with Crippen LogP contribution in [-0.2, 0) is 16.1 Å². The van der Waals surface area contributed by atoms with Gasteiger partial charge in [-0.15, -0.1) is 0 Å². The first-order valence-corrected chi connectivity index (χ1v) is 9.09. The van der Waals surface area contributed by atoms with E-state index in [0.29, 0.717) is 13.0 Å². The van der Waals surface area contributed by atoms with Gasteiger partial charge in [0.1, 0.15) is 12.6 Å². The van der Waals surface area contributed by atoms with Crippen LogP contribution in [0.5, 0.6) is 0 Å². The summed E-state index contributed by atoms with van der Waals surface area (Å²) in [6.07, 6.45) is 3.82. The molecule has 0 bridgehead atoms. The van der Waals surface area contributed by atoms with Crippen LogP contribution in [0.1, 0.15) is 44.1 Å². The molecule has 1 aliphatic carbocycles. The van der Waals surface area contributed by atoms with Gasteiger partial charge in [0, 0.05) is 12.6 Å². The minimum atomic E-state index is -0.449. The minimum absolute atomic E-state index is 0.0960. The Morgan fingerprint density at radius 2 is 1.84 bits per heavy atom. The Balaban J connectivity index is 1.50. The molecule has 25 heavy (non-hydrogen) atoms. The van der Waals surface area contributed by atoms with Crippen molar-refractivity contribution in [2.75, 3.05) is 6.54 Å². The summed E-state index contributed by atoms with van der Waals surface area (Å²) in [7, 11) is 0. The summed E-state index contributed by atoms with van der Waals surface area (Å²) in [5, 5.41) is 12.6. The van der Waals surface area contributed by atoms with Crippen LogP contribution >= 0.6 is 0 Å². The molecule has 2 fully saturated rings. The fourth-order valence-corrected chi connectivity index (χ4v) is 3.58. The van der Waals surface area contributed by atoms with E-state index in [1.54, 1.807) is 0 Å². The van der Waals surface area contributed by atoms with Crippen LogP contribution in [-0.4, -0.2) is 46.7 Å². The van der Waals surface area contributed by atoms with Gasteiger partial charge in [0.25, 0.3) is 0 Å². The molecule has 0 aromatic heterocycles. The zero-order chi connectivity index (χ0) is 17.6. The van der Waals surface area contributed by atoms with Crippen molar-refractivity contribution in [3.63, 3.8) is 0 Å². The van der Waals surface area contributed by atoms with Gasteiger partial charge < -0.3 is 15.2 Å². The maximum absolute atomic E-state index is 12.6. The predicted octanol–water partition coefficient (Wildman–Crippen LogP) is 2.21. The number of nitrogens with one attached hydrogen (secondary N) is 1. The summed E-state index contributed by atoms with van der Waals surface area (Å²) in [4.78, 5) is 26.5. The highest BCUT2D eigenvalue weighted by molar-refractivity contribution is 5.86. The Kier molecular flexibility index (Phi) is 5.91. The van der Waals surface area contributed by atoms with Crippen LogP contribution in [0.2, 0.25) is 0 Å². The number of aliphatic hydroxyl groups is 1. The molecule has 1 aliphatic heterocycles. The van der Waals surface area contributed by atoms with Gasteiger partial charge in [0.15, 0.2) is 0 Å². The topological polar surface area (TPSA) is 78.9 Å². The first kappa shape index (κ1) is 17.7. The van der Waals surface area contributed by atoms with Gasteiger partial charge in [-0.3, -0.25) is 9.69 Å². The third-order valence-corrected chi connectivity index (χ3v) is 5.04. The van der Waals surface area contributed by atoms with Crippen LogP contribution in [0.25, 0.3) is 0 Å². The highest BCUT2D eigenvalue weighted by Gasteiger charge is 2.36. The second-order valence-electron chi connectivity index (χ2n) is 6.91. The van der Waals surface area contributed by atoms with Crippen molar-refractivity contribution in [1.82, 2.24) is 10.2 Å². The van der Waals surface area contributed by atoms with E-state index in [1.807, 2.05) is 30.3 Å². The maximum Gasteiger partial charge on any atom is 0.410 e. The van der Waals surface area contributed by atoms with Crippen molar-refractivity contribution in [1.29, 1.82) is 0 Å². The third-order valence-electron chi connectivity index (χ3n) is 5.04. The zero-order valence-corrected chi connectivity index (χ0v) is 14.4. The molecule has 2 N–H and O–H groups in total. The number of hydrogen-bond acceptors (Lipinski definition) is 4. The van der Waals surface area contributed by atoms with Crippen LogP contribution in [0, 0.1) is 0 Å². The van der Waals surface area contributed by atoms with Gasteiger partial charge in [-0.2, -0.15) is 0 Å². The smallest absolute Gasteiger partial charge is 0.410 e. The van der Waals surface area contributed by atoms with Crippen molar-refractivity contribution in [3.8, 4) is 0 Å².